The quantitative estimate of drug-likeness (QED) is 0.595. The molecule has 3 aliphatic heterocycles. The zero-order valence-electron chi connectivity index (χ0n) is 21.0. The first-order chi connectivity index (χ1) is 17.7. The lowest BCUT2D eigenvalue weighted by atomic mass is 9.84. The molecule has 6 rings (SSSR count). The Kier molecular flexibility index (Phi) is 6.25. The van der Waals surface area contributed by atoms with Crippen LogP contribution in [0.4, 0.5) is 0 Å². The molecule has 0 unspecified atom stereocenters. The van der Waals surface area contributed by atoms with Crippen LogP contribution in [0.5, 0.6) is 5.75 Å². The first-order valence-electron chi connectivity index (χ1n) is 13.1. The van der Waals surface area contributed by atoms with Crippen molar-refractivity contribution in [2.45, 2.75) is 61.1 Å². The van der Waals surface area contributed by atoms with Crippen molar-refractivity contribution in [3.05, 3.63) is 24.5 Å². The monoisotopic (exact) mass is 530 g/mol. The highest BCUT2D eigenvalue weighted by Gasteiger charge is 2.47. The molecule has 1 amide bonds. The normalized spacial score (nSPS) is 28.1. The molecule has 200 valence electrons. The predicted octanol–water partition coefficient (Wildman–Crippen LogP) is 0.749. The Balaban J connectivity index is 1.35. The van der Waals surface area contributed by atoms with Crippen LogP contribution >= 0.6 is 0 Å². The third-order valence-corrected chi connectivity index (χ3v) is 10.2. The predicted molar refractivity (Wildman–Crippen MR) is 134 cm³/mol. The van der Waals surface area contributed by atoms with Gasteiger partial charge in [-0.2, -0.15) is 9.40 Å². The molecule has 12 heteroatoms. The lowest BCUT2D eigenvalue weighted by Crippen LogP contribution is -2.59. The summed E-state index contributed by atoms with van der Waals surface area (Å²) in [6.45, 7) is 3.02. The van der Waals surface area contributed by atoms with Gasteiger partial charge in [0.1, 0.15) is 23.0 Å². The van der Waals surface area contributed by atoms with E-state index in [0.717, 1.165) is 42.7 Å². The smallest absolute Gasteiger partial charge is 0.247 e. The Hall–Kier alpha value is -2.54. The minimum Gasteiger partial charge on any atom is -0.492 e. The summed E-state index contributed by atoms with van der Waals surface area (Å²) in [4.78, 5) is 20.3. The van der Waals surface area contributed by atoms with Gasteiger partial charge in [0, 0.05) is 57.2 Å². The topological polar surface area (TPSA) is 130 Å². The van der Waals surface area contributed by atoms with Gasteiger partial charge in [0.25, 0.3) is 0 Å². The molecule has 0 radical (unpaired) electrons. The van der Waals surface area contributed by atoms with Crippen molar-refractivity contribution in [2.75, 3.05) is 32.8 Å². The fourth-order valence-electron chi connectivity index (χ4n) is 5.91. The third kappa shape index (κ3) is 4.75. The number of aromatic nitrogens is 3. The Morgan fingerprint density at radius 1 is 1.22 bits per heavy atom. The second kappa shape index (κ2) is 9.33. The van der Waals surface area contributed by atoms with Gasteiger partial charge in [-0.25, -0.2) is 18.1 Å². The van der Waals surface area contributed by atoms with E-state index in [1.165, 1.54) is 25.2 Å². The second-order valence-corrected chi connectivity index (χ2v) is 12.8. The summed E-state index contributed by atoms with van der Waals surface area (Å²) in [6.07, 6.45) is 5.33. The van der Waals surface area contributed by atoms with Gasteiger partial charge in [0.15, 0.2) is 5.82 Å². The highest BCUT2D eigenvalue weighted by molar-refractivity contribution is 7.89. The Morgan fingerprint density at radius 2 is 2.00 bits per heavy atom. The number of benzene rings is 1. The van der Waals surface area contributed by atoms with E-state index in [-0.39, 0.29) is 36.1 Å². The van der Waals surface area contributed by atoms with Crippen molar-refractivity contribution in [2.24, 2.45) is 13.0 Å². The zero-order valence-corrected chi connectivity index (χ0v) is 21.9. The average Bonchev–Trinajstić information content (AvgIpc) is 3.43. The fraction of sp³-hybridized carbons (Fsp3) is 0.640. The summed E-state index contributed by atoms with van der Waals surface area (Å²) in [7, 11) is -2.35. The van der Waals surface area contributed by atoms with Crippen molar-refractivity contribution in [1.82, 2.24) is 29.3 Å². The lowest BCUT2D eigenvalue weighted by Gasteiger charge is -2.43. The van der Waals surface area contributed by atoms with E-state index in [0.29, 0.717) is 17.8 Å². The Morgan fingerprint density at radius 3 is 2.70 bits per heavy atom. The van der Waals surface area contributed by atoms with E-state index in [2.05, 4.69) is 20.3 Å². The maximum atomic E-state index is 13.8. The molecule has 2 atom stereocenters. The van der Waals surface area contributed by atoms with Crippen LogP contribution < -0.4 is 10.1 Å². The van der Waals surface area contributed by atoms with Gasteiger partial charge < -0.3 is 20.1 Å². The van der Waals surface area contributed by atoms with Gasteiger partial charge >= 0.3 is 0 Å². The van der Waals surface area contributed by atoms with Crippen LogP contribution in [0.25, 0.3) is 11.4 Å². The number of hydrogen-bond donors (Lipinski definition) is 2. The summed E-state index contributed by atoms with van der Waals surface area (Å²) < 4.78 is 36.6. The molecule has 0 bridgehead atoms. The van der Waals surface area contributed by atoms with Crippen molar-refractivity contribution in [1.29, 1.82) is 0 Å². The average molecular weight is 531 g/mol. The molecule has 11 nitrogen and oxygen atoms in total. The molecule has 2 N–H and O–H groups in total. The van der Waals surface area contributed by atoms with Gasteiger partial charge in [0.05, 0.1) is 12.7 Å². The summed E-state index contributed by atoms with van der Waals surface area (Å²) in [6, 6.07) is 3.88. The minimum absolute atomic E-state index is 0.0134. The summed E-state index contributed by atoms with van der Waals surface area (Å²) >= 11 is 0. The van der Waals surface area contributed by atoms with E-state index >= 15 is 0 Å². The number of hydrogen-bond acceptors (Lipinski definition) is 8. The number of likely N-dealkylation sites (tertiary alicyclic amines) is 1. The molecule has 1 spiro atoms. The highest BCUT2D eigenvalue weighted by atomic mass is 32.2. The fourth-order valence-corrected chi connectivity index (χ4v) is 7.66. The molecule has 4 heterocycles. The second-order valence-electron chi connectivity index (χ2n) is 11.0. The molecular formula is C25H34N6O5S. The molecular weight excluding hydrogens is 496 g/mol. The van der Waals surface area contributed by atoms with E-state index in [1.807, 2.05) is 0 Å². The Labute approximate surface area is 216 Å². The standard InChI is InChI=1S/C25H34N6O5S/c1-29-23(26-16-27-29)18-4-5-22-21(12-18)36-11-8-25(6-9-30(10-7-25)14-17-2-3-17)28-24(33)20-13-19(32)15-31(20)37(22,34)35/h4-5,12,16-17,19-20,32H,2-3,6-11,13-15H2,1H3,(H,28,33)/t19-,20+/m1/s1. The first-order valence-corrected chi connectivity index (χ1v) is 14.5. The van der Waals surface area contributed by atoms with Gasteiger partial charge in [0.2, 0.25) is 15.9 Å². The number of fused-ring (bicyclic) bond motifs is 2. The summed E-state index contributed by atoms with van der Waals surface area (Å²) in [5.41, 5.74) is 0.199. The molecule has 1 aromatic carbocycles. The van der Waals surface area contributed by atoms with Gasteiger partial charge in [-0.05, 0) is 49.8 Å². The molecule has 1 aliphatic carbocycles. The number of amides is 1. The van der Waals surface area contributed by atoms with Gasteiger partial charge in [-0.15, -0.1) is 0 Å². The van der Waals surface area contributed by atoms with E-state index in [4.69, 9.17) is 4.74 Å². The summed E-state index contributed by atoms with van der Waals surface area (Å²) in [5, 5.41) is 17.8. The van der Waals surface area contributed by atoms with Crippen molar-refractivity contribution in [3.63, 3.8) is 0 Å². The number of piperidine rings is 1. The highest BCUT2D eigenvalue weighted by Crippen LogP contribution is 2.37. The van der Waals surface area contributed by atoms with E-state index in [9.17, 15) is 18.3 Å². The number of aryl methyl sites for hydroxylation is 1. The van der Waals surface area contributed by atoms with Crippen LogP contribution in [0.1, 0.15) is 38.5 Å². The van der Waals surface area contributed by atoms with Crippen LogP contribution in [0, 0.1) is 5.92 Å². The van der Waals surface area contributed by atoms with Crippen molar-refractivity contribution < 1.29 is 23.1 Å². The molecule has 37 heavy (non-hydrogen) atoms. The van der Waals surface area contributed by atoms with Gasteiger partial charge in [-0.3, -0.25) is 4.79 Å². The van der Waals surface area contributed by atoms with Crippen LogP contribution in [0.2, 0.25) is 0 Å². The SMILES string of the molecule is Cn1ncnc1-c1ccc2c(c1)OCCC1(CCN(CC3CC3)CC1)NC(=O)[C@@H]1C[C@@H](O)CN1S2(=O)=O. The van der Waals surface area contributed by atoms with Crippen LogP contribution in [-0.4, -0.2) is 93.9 Å². The molecule has 4 aliphatic rings. The molecule has 2 saturated heterocycles. The lowest BCUT2D eigenvalue weighted by molar-refractivity contribution is -0.127. The molecule has 1 aromatic heterocycles. The van der Waals surface area contributed by atoms with Crippen molar-refractivity contribution in [3.8, 4) is 17.1 Å². The number of carbonyl (C=O) groups excluding carboxylic acids is 1. The first kappa shape index (κ1) is 24.8. The maximum absolute atomic E-state index is 13.8. The zero-order chi connectivity index (χ0) is 25.8. The van der Waals surface area contributed by atoms with Gasteiger partial charge in [-0.1, -0.05) is 0 Å². The number of aliphatic hydroxyl groups is 1. The number of sulfonamides is 1. The van der Waals surface area contributed by atoms with E-state index in [1.54, 1.807) is 23.9 Å². The number of carbonyl (C=O) groups is 1. The number of aliphatic hydroxyl groups excluding tert-OH is 1. The van der Waals surface area contributed by atoms with Crippen LogP contribution in [0.15, 0.2) is 29.4 Å². The number of rotatable bonds is 3. The minimum atomic E-state index is -4.12. The number of nitrogens with one attached hydrogen (secondary N) is 1. The molecule has 1 saturated carbocycles. The maximum Gasteiger partial charge on any atom is 0.247 e. The van der Waals surface area contributed by atoms with Crippen LogP contribution in [0.3, 0.4) is 0 Å². The molecule has 2 aromatic rings. The molecule has 3 fully saturated rings. The summed E-state index contributed by atoms with van der Waals surface area (Å²) in [5.74, 6) is 1.27. The number of nitrogens with zero attached hydrogens (tertiary/aromatic N) is 5. The Bertz CT molecular complexity index is 1280. The van der Waals surface area contributed by atoms with E-state index < -0.39 is 27.7 Å². The largest absolute Gasteiger partial charge is 0.492 e. The van der Waals surface area contributed by atoms with Crippen LogP contribution in [-0.2, 0) is 21.9 Å². The van der Waals surface area contributed by atoms with Crippen molar-refractivity contribution >= 4 is 15.9 Å². The number of ether oxygens (including phenoxy) is 1. The third-order valence-electron chi connectivity index (χ3n) is 8.29.